The molecule has 0 N–H and O–H groups in total. The van der Waals surface area contributed by atoms with Gasteiger partial charge in [0.15, 0.2) is 0 Å². The second kappa shape index (κ2) is 8.36. The topological polar surface area (TPSA) is 0 Å². The van der Waals surface area contributed by atoms with Crippen molar-refractivity contribution >= 4 is 43.3 Å². The monoisotopic (exact) mass is 518 g/mol. The fourth-order valence-electron chi connectivity index (χ4n) is 4.74. The number of thiophene rings is 1. The molecule has 1 heterocycles. The molecule has 4 aromatic rings. The van der Waals surface area contributed by atoms with Crippen LogP contribution in [0.1, 0.15) is 33.4 Å². The van der Waals surface area contributed by atoms with E-state index >= 15 is 0 Å². The van der Waals surface area contributed by atoms with Crippen LogP contribution < -0.4 is 13.6 Å². The zero-order valence-electron chi connectivity index (χ0n) is 18.8. The van der Waals surface area contributed by atoms with Gasteiger partial charge >= 0.3 is 190 Å². The molecular weight excluding hydrogens is 487 g/mol. The summed E-state index contributed by atoms with van der Waals surface area (Å²) in [4.78, 5) is 0. The van der Waals surface area contributed by atoms with Gasteiger partial charge in [0, 0.05) is 0 Å². The Kier molecular flexibility index (Phi) is 5.96. The molecule has 152 valence electrons. The molecule has 0 nitrogen and oxygen atoms in total. The van der Waals surface area contributed by atoms with Crippen molar-refractivity contribution in [2.75, 3.05) is 0 Å². The molecule has 30 heavy (non-hydrogen) atoms. The summed E-state index contributed by atoms with van der Waals surface area (Å²) in [7, 11) is 0. The Morgan fingerprint density at radius 1 is 0.533 bits per heavy atom. The first-order valence-electron chi connectivity index (χ1n) is 10.6. The van der Waals surface area contributed by atoms with Crippen LogP contribution in [0.5, 0.6) is 0 Å². The second-order valence-corrected chi connectivity index (χ2v) is 21.1. The van der Waals surface area contributed by atoms with Crippen LogP contribution in [0.25, 0.3) is 0 Å². The van der Waals surface area contributed by atoms with Gasteiger partial charge in [-0.1, -0.05) is 0 Å². The van der Waals surface area contributed by atoms with Crippen molar-refractivity contribution in [2.24, 2.45) is 0 Å². The molecule has 0 saturated heterocycles. The Bertz CT molecular complexity index is 1080. The molecule has 2 heteroatoms. The zero-order valence-corrected chi connectivity index (χ0v) is 22.5. The van der Waals surface area contributed by atoms with Crippen LogP contribution in [0, 0.1) is 41.5 Å². The molecule has 3 aromatic carbocycles. The Morgan fingerprint density at radius 2 is 0.933 bits per heavy atom. The molecule has 0 aliphatic carbocycles. The molecule has 4 rings (SSSR count). The van der Waals surface area contributed by atoms with E-state index < -0.39 is 18.4 Å². The molecule has 0 saturated carbocycles. The van der Waals surface area contributed by atoms with Crippen LogP contribution in [0.15, 0.2) is 72.1 Å². The summed E-state index contributed by atoms with van der Waals surface area (Å²) < 4.78 is 6.36. The number of aryl methyl sites for hydroxylation is 6. The first-order valence-corrected chi connectivity index (χ1v) is 17.2. The summed E-state index contributed by atoms with van der Waals surface area (Å²) in [5.74, 6) is 0. The summed E-state index contributed by atoms with van der Waals surface area (Å²) in [5, 5.41) is 2.27. The molecule has 0 spiro atoms. The number of hydrogen-bond donors (Lipinski definition) is 0. The van der Waals surface area contributed by atoms with E-state index in [9.17, 15) is 0 Å². The Hall–Kier alpha value is -1.84. The molecule has 0 amide bonds. The molecule has 0 bridgehead atoms. The molecule has 0 aliphatic rings. The van der Waals surface area contributed by atoms with E-state index in [1.165, 1.54) is 33.4 Å². The Morgan fingerprint density at radius 3 is 1.27 bits per heavy atom. The fraction of sp³-hybridized carbons (Fsp3) is 0.214. The van der Waals surface area contributed by atoms with Crippen molar-refractivity contribution in [3.8, 4) is 0 Å². The maximum atomic E-state index is 2.49. The third kappa shape index (κ3) is 3.56. The van der Waals surface area contributed by atoms with Gasteiger partial charge < -0.3 is 0 Å². The van der Waals surface area contributed by atoms with Gasteiger partial charge in [-0.15, -0.1) is 0 Å². The predicted octanol–water partition coefficient (Wildman–Crippen LogP) is 4.98. The van der Waals surface area contributed by atoms with Gasteiger partial charge in [0.05, 0.1) is 0 Å². The van der Waals surface area contributed by atoms with E-state index in [4.69, 9.17) is 0 Å². The van der Waals surface area contributed by atoms with Gasteiger partial charge in [-0.05, 0) is 0 Å². The summed E-state index contributed by atoms with van der Waals surface area (Å²) in [6.45, 7) is 13.6. The van der Waals surface area contributed by atoms with Crippen LogP contribution in [0.3, 0.4) is 0 Å². The third-order valence-electron chi connectivity index (χ3n) is 6.28. The van der Waals surface area contributed by atoms with E-state index in [0.717, 1.165) is 0 Å². The normalized spacial score (nSPS) is 11.7. The molecule has 0 radical (unpaired) electrons. The van der Waals surface area contributed by atoms with Gasteiger partial charge in [0.2, 0.25) is 0 Å². The van der Waals surface area contributed by atoms with Crippen LogP contribution in [-0.2, 0) is 0 Å². The van der Waals surface area contributed by atoms with E-state index in [1.807, 2.05) is 11.3 Å². The second-order valence-electron chi connectivity index (χ2n) is 8.68. The average molecular weight is 517 g/mol. The quantitative estimate of drug-likeness (QED) is 0.336. The van der Waals surface area contributed by atoms with Crippen molar-refractivity contribution in [1.82, 2.24) is 0 Å². The maximum absolute atomic E-state index is 3.54. The first-order chi connectivity index (χ1) is 14.3. The van der Waals surface area contributed by atoms with Crippen molar-refractivity contribution < 1.29 is 0 Å². The standard InChI is InChI=1S/3C8H9.C4H3S.Sn/c3*1-7-3-5-8(2)6-4-7;1-2-4-5-3-1;/h3*3-5H,1-2H3;1-3H;. The number of hydrogen-bond acceptors (Lipinski definition) is 1. The summed E-state index contributed by atoms with van der Waals surface area (Å²) in [6, 6.07) is 25.9. The van der Waals surface area contributed by atoms with Crippen LogP contribution in [0.2, 0.25) is 0 Å². The van der Waals surface area contributed by atoms with Gasteiger partial charge in [-0.2, -0.15) is 0 Å². The van der Waals surface area contributed by atoms with E-state index in [2.05, 4.69) is 114 Å². The molecular formula is C28H30SSn. The molecule has 0 fully saturated rings. The van der Waals surface area contributed by atoms with Crippen molar-refractivity contribution in [1.29, 1.82) is 0 Å². The third-order valence-corrected chi connectivity index (χ3v) is 24.1. The SMILES string of the molecule is Cc1ccc(C)[c]([Sn]([c]2cccs2)([c]2cc(C)ccc2C)[c]2cc(C)ccc2C)c1. The van der Waals surface area contributed by atoms with E-state index in [-0.39, 0.29) is 0 Å². The summed E-state index contributed by atoms with van der Waals surface area (Å²) in [5.41, 5.74) is 8.32. The van der Waals surface area contributed by atoms with Crippen molar-refractivity contribution in [3.63, 3.8) is 0 Å². The minimum absolute atomic E-state index is 1.35. The summed E-state index contributed by atoms with van der Waals surface area (Å²) >= 11 is -1.59. The minimum atomic E-state index is -3.54. The molecule has 0 aliphatic heterocycles. The van der Waals surface area contributed by atoms with Gasteiger partial charge in [0.25, 0.3) is 0 Å². The Labute approximate surface area is 189 Å². The van der Waals surface area contributed by atoms with Crippen molar-refractivity contribution in [2.45, 2.75) is 41.5 Å². The van der Waals surface area contributed by atoms with E-state index in [1.54, 1.807) is 13.6 Å². The van der Waals surface area contributed by atoms with Crippen LogP contribution >= 0.6 is 11.3 Å². The Balaban J connectivity index is 2.28. The number of rotatable bonds is 4. The first kappa shape index (κ1) is 21.4. The van der Waals surface area contributed by atoms with Gasteiger partial charge in [-0.3, -0.25) is 0 Å². The van der Waals surface area contributed by atoms with Crippen LogP contribution in [0.4, 0.5) is 0 Å². The molecule has 0 atom stereocenters. The van der Waals surface area contributed by atoms with Gasteiger partial charge in [0.1, 0.15) is 0 Å². The van der Waals surface area contributed by atoms with Gasteiger partial charge in [-0.25, -0.2) is 0 Å². The predicted molar refractivity (Wildman–Crippen MR) is 136 cm³/mol. The van der Waals surface area contributed by atoms with Crippen molar-refractivity contribution in [3.05, 3.63) is 105 Å². The number of benzene rings is 3. The zero-order chi connectivity index (χ0) is 21.5. The summed E-state index contributed by atoms with van der Waals surface area (Å²) in [6.07, 6.45) is 0. The van der Waals surface area contributed by atoms with Crippen LogP contribution in [-0.4, -0.2) is 18.4 Å². The fourth-order valence-corrected chi connectivity index (χ4v) is 25.0. The average Bonchev–Trinajstić information content (AvgIpc) is 3.25. The molecule has 1 aromatic heterocycles. The molecule has 0 unspecified atom stereocenters. The van der Waals surface area contributed by atoms with E-state index in [0.29, 0.717) is 0 Å².